The fourth-order valence-electron chi connectivity index (χ4n) is 1.57. The molecule has 0 saturated heterocycles. The highest BCUT2D eigenvalue weighted by Gasteiger charge is 2.31. The Balaban J connectivity index is 2.28. The van der Waals surface area contributed by atoms with Crippen molar-refractivity contribution in [2.75, 3.05) is 0 Å². The summed E-state index contributed by atoms with van der Waals surface area (Å²) in [5, 5.41) is 3.89. The molecule has 0 aliphatic heterocycles. The minimum atomic E-state index is -4.83. The van der Waals surface area contributed by atoms with E-state index in [2.05, 4.69) is 14.8 Å². The molecule has 0 aliphatic rings. The highest BCUT2D eigenvalue weighted by Crippen LogP contribution is 2.22. The minimum absolute atomic E-state index is 0.243. The first-order chi connectivity index (χ1) is 10.2. The summed E-state index contributed by atoms with van der Waals surface area (Å²) in [5.74, 6) is -1.37. The number of hydrogen-bond acceptors (Lipinski definition) is 5. The van der Waals surface area contributed by atoms with E-state index >= 15 is 0 Å². The molecule has 2 N–H and O–H groups in total. The van der Waals surface area contributed by atoms with E-state index in [9.17, 15) is 22.8 Å². The van der Waals surface area contributed by atoms with Gasteiger partial charge in [0.1, 0.15) is 6.54 Å². The molecule has 0 saturated carbocycles. The summed E-state index contributed by atoms with van der Waals surface area (Å²) in [7, 11) is 0. The monoisotopic (exact) mass is 314 g/mol. The summed E-state index contributed by atoms with van der Waals surface area (Å²) in [6.45, 7) is -0.407. The first-order valence-corrected chi connectivity index (χ1v) is 5.83. The first-order valence-electron chi connectivity index (χ1n) is 5.83. The number of nitrogens with two attached hydrogens (primary N) is 1. The summed E-state index contributed by atoms with van der Waals surface area (Å²) >= 11 is 0. The van der Waals surface area contributed by atoms with Gasteiger partial charge < -0.3 is 10.5 Å². The molecule has 2 aromatic rings. The maximum atomic E-state index is 12.0. The second kappa shape index (κ2) is 5.84. The van der Waals surface area contributed by atoms with Gasteiger partial charge in [-0.25, -0.2) is 9.67 Å². The average Bonchev–Trinajstić information content (AvgIpc) is 2.40. The van der Waals surface area contributed by atoms with Crippen LogP contribution in [0.2, 0.25) is 0 Å². The number of amides is 1. The number of halogens is 3. The van der Waals surface area contributed by atoms with Crippen LogP contribution in [0.5, 0.6) is 5.88 Å². The predicted molar refractivity (Wildman–Crippen MR) is 67.6 cm³/mol. The van der Waals surface area contributed by atoms with Crippen molar-refractivity contribution in [3.63, 3.8) is 0 Å². The van der Waals surface area contributed by atoms with Crippen molar-refractivity contribution in [1.82, 2.24) is 14.8 Å². The molecule has 1 amide bonds. The van der Waals surface area contributed by atoms with Crippen LogP contribution in [-0.2, 0) is 11.3 Å². The summed E-state index contributed by atoms with van der Waals surface area (Å²) < 4.78 is 40.6. The van der Waals surface area contributed by atoms with E-state index in [4.69, 9.17) is 5.73 Å². The van der Waals surface area contributed by atoms with Crippen molar-refractivity contribution >= 4 is 5.91 Å². The van der Waals surface area contributed by atoms with Crippen LogP contribution in [0.1, 0.15) is 0 Å². The van der Waals surface area contributed by atoms with Crippen molar-refractivity contribution < 1.29 is 22.7 Å². The molecule has 0 fully saturated rings. The van der Waals surface area contributed by atoms with Crippen LogP contribution in [0.25, 0.3) is 11.3 Å². The topological polar surface area (TPSA) is 100 Å². The maximum Gasteiger partial charge on any atom is 0.574 e. The molecule has 22 heavy (non-hydrogen) atoms. The fourth-order valence-corrected chi connectivity index (χ4v) is 1.57. The quantitative estimate of drug-likeness (QED) is 0.895. The van der Waals surface area contributed by atoms with Crippen LogP contribution in [0.3, 0.4) is 0 Å². The number of aromatic nitrogens is 3. The van der Waals surface area contributed by atoms with Gasteiger partial charge in [-0.15, -0.1) is 13.2 Å². The molecule has 0 spiro atoms. The molecule has 0 radical (unpaired) electrons. The van der Waals surface area contributed by atoms with E-state index in [1.54, 1.807) is 0 Å². The van der Waals surface area contributed by atoms with Crippen molar-refractivity contribution in [2.24, 2.45) is 5.73 Å². The molecule has 0 aliphatic carbocycles. The SMILES string of the molecule is NC(=O)Cn1nc(-c2ccc(OC(F)(F)F)nc2)ccc1=O. The number of hydrogen-bond donors (Lipinski definition) is 1. The van der Waals surface area contributed by atoms with Gasteiger partial charge in [0.25, 0.3) is 5.56 Å². The molecular formula is C12H9F3N4O3. The third kappa shape index (κ3) is 4.04. The van der Waals surface area contributed by atoms with E-state index in [1.165, 1.54) is 12.1 Å². The molecule has 116 valence electrons. The van der Waals surface area contributed by atoms with Gasteiger partial charge in [0.05, 0.1) is 5.69 Å². The van der Waals surface area contributed by atoms with Crippen LogP contribution >= 0.6 is 0 Å². The summed E-state index contributed by atoms with van der Waals surface area (Å²) in [5.41, 5.74) is 5.03. The predicted octanol–water partition coefficient (Wildman–Crippen LogP) is 0.689. The summed E-state index contributed by atoms with van der Waals surface area (Å²) in [6, 6.07) is 4.80. The van der Waals surface area contributed by atoms with Crippen LogP contribution in [0.4, 0.5) is 13.2 Å². The van der Waals surface area contributed by atoms with Gasteiger partial charge in [-0.1, -0.05) is 0 Å². The van der Waals surface area contributed by atoms with Crippen LogP contribution in [0, 0.1) is 0 Å². The van der Waals surface area contributed by atoms with Crippen molar-refractivity contribution in [3.8, 4) is 17.1 Å². The van der Waals surface area contributed by atoms with Gasteiger partial charge in [-0.2, -0.15) is 5.10 Å². The van der Waals surface area contributed by atoms with Gasteiger partial charge in [-0.3, -0.25) is 9.59 Å². The number of alkyl halides is 3. The molecule has 2 aromatic heterocycles. The largest absolute Gasteiger partial charge is 0.574 e. The van der Waals surface area contributed by atoms with Crippen molar-refractivity contribution in [1.29, 1.82) is 0 Å². The molecule has 0 unspecified atom stereocenters. The van der Waals surface area contributed by atoms with E-state index in [0.29, 0.717) is 5.56 Å². The molecule has 2 rings (SSSR count). The highest BCUT2D eigenvalue weighted by molar-refractivity contribution is 5.73. The Hall–Kier alpha value is -2.91. The van der Waals surface area contributed by atoms with E-state index in [1.807, 2.05) is 0 Å². The van der Waals surface area contributed by atoms with Crippen LogP contribution in [0.15, 0.2) is 35.3 Å². The second-order valence-corrected chi connectivity index (χ2v) is 4.11. The Morgan fingerprint density at radius 2 is 2.00 bits per heavy atom. The van der Waals surface area contributed by atoms with Gasteiger partial charge in [-0.05, 0) is 12.1 Å². The lowest BCUT2D eigenvalue weighted by atomic mass is 10.2. The molecule has 10 heteroatoms. The van der Waals surface area contributed by atoms with E-state index < -0.39 is 30.3 Å². The number of primary amides is 1. The highest BCUT2D eigenvalue weighted by atomic mass is 19.4. The third-order valence-electron chi connectivity index (χ3n) is 2.42. The number of nitrogens with zero attached hydrogens (tertiary/aromatic N) is 3. The molecular weight excluding hydrogens is 305 g/mol. The number of pyridine rings is 1. The zero-order valence-corrected chi connectivity index (χ0v) is 10.9. The normalized spacial score (nSPS) is 11.2. The Morgan fingerprint density at radius 3 is 2.55 bits per heavy atom. The molecule has 0 aromatic carbocycles. The Kier molecular flexibility index (Phi) is 4.11. The van der Waals surface area contributed by atoms with Crippen LogP contribution in [-0.4, -0.2) is 27.0 Å². The van der Waals surface area contributed by atoms with Gasteiger partial charge in [0.15, 0.2) is 0 Å². The molecule has 2 heterocycles. The smallest absolute Gasteiger partial charge is 0.388 e. The van der Waals surface area contributed by atoms with Crippen LogP contribution < -0.4 is 16.0 Å². The van der Waals surface area contributed by atoms with Gasteiger partial charge in [0, 0.05) is 23.9 Å². The number of carbonyl (C=O) groups excluding carboxylic acids is 1. The standard InChI is InChI=1S/C12H9F3N4O3/c13-12(14,15)22-10-3-1-7(5-17-10)8-2-4-11(21)19(18-8)6-9(16)20/h1-5H,6H2,(H2,16,20). The lowest BCUT2D eigenvalue weighted by Crippen LogP contribution is -2.29. The third-order valence-corrected chi connectivity index (χ3v) is 2.42. The Morgan fingerprint density at radius 1 is 1.27 bits per heavy atom. The minimum Gasteiger partial charge on any atom is -0.388 e. The second-order valence-electron chi connectivity index (χ2n) is 4.11. The zero-order chi connectivity index (χ0) is 16.3. The summed E-state index contributed by atoms with van der Waals surface area (Å²) in [6.07, 6.45) is -3.73. The molecule has 7 nitrogen and oxygen atoms in total. The average molecular weight is 314 g/mol. The number of carbonyl (C=O) groups is 1. The number of rotatable bonds is 4. The lowest BCUT2D eigenvalue weighted by Gasteiger charge is -2.08. The Bertz CT molecular complexity index is 741. The maximum absolute atomic E-state index is 12.0. The number of ether oxygens (including phenoxy) is 1. The van der Waals surface area contributed by atoms with Gasteiger partial charge >= 0.3 is 6.36 Å². The molecule has 0 bridgehead atoms. The van der Waals surface area contributed by atoms with Gasteiger partial charge in [0.2, 0.25) is 11.8 Å². The van der Waals surface area contributed by atoms with E-state index in [-0.39, 0.29) is 5.69 Å². The Labute approximate surface area is 121 Å². The van der Waals surface area contributed by atoms with Crippen molar-refractivity contribution in [3.05, 3.63) is 40.8 Å². The lowest BCUT2D eigenvalue weighted by molar-refractivity contribution is -0.276. The van der Waals surface area contributed by atoms with E-state index in [0.717, 1.165) is 23.0 Å². The summed E-state index contributed by atoms with van der Waals surface area (Å²) in [4.78, 5) is 25.8. The molecule has 0 atom stereocenters. The van der Waals surface area contributed by atoms with Crippen molar-refractivity contribution in [2.45, 2.75) is 12.9 Å². The zero-order valence-electron chi connectivity index (χ0n) is 10.9. The first kappa shape index (κ1) is 15.5. The fraction of sp³-hybridized carbons (Fsp3) is 0.167.